The standard InChI is InChI=1S/C16H21BrN2/c1-3-4-10-19(11-9-17)16-13(2)12-14-7-5-6-8-15(14)18-16/h5-8,12H,3-4,9-11H2,1-2H3. The lowest BCUT2D eigenvalue weighted by Crippen LogP contribution is -2.28. The van der Waals surface area contributed by atoms with Crippen LogP contribution in [0.2, 0.25) is 0 Å². The summed E-state index contributed by atoms with van der Waals surface area (Å²) in [5.41, 5.74) is 2.34. The van der Waals surface area contributed by atoms with Gasteiger partial charge in [-0.25, -0.2) is 4.98 Å². The normalized spacial score (nSPS) is 10.9. The molecule has 0 unspecified atom stereocenters. The van der Waals surface area contributed by atoms with Crippen LogP contribution in [0.4, 0.5) is 5.82 Å². The first-order valence-corrected chi connectivity index (χ1v) is 8.05. The summed E-state index contributed by atoms with van der Waals surface area (Å²) in [4.78, 5) is 7.24. The number of anilines is 1. The van der Waals surface area contributed by atoms with Crippen molar-refractivity contribution >= 4 is 32.7 Å². The first-order chi connectivity index (χ1) is 9.26. The number of rotatable bonds is 6. The summed E-state index contributed by atoms with van der Waals surface area (Å²) >= 11 is 3.54. The van der Waals surface area contributed by atoms with Gasteiger partial charge in [-0.2, -0.15) is 0 Å². The van der Waals surface area contributed by atoms with Gasteiger partial charge in [-0.05, 0) is 31.0 Å². The van der Waals surface area contributed by atoms with E-state index in [2.05, 4.69) is 65.0 Å². The van der Waals surface area contributed by atoms with Crippen molar-refractivity contribution in [3.8, 4) is 0 Å². The number of nitrogens with zero attached hydrogens (tertiary/aromatic N) is 2. The van der Waals surface area contributed by atoms with Crippen molar-refractivity contribution in [1.29, 1.82) is 0 Å². The largest absolute Gasteiger partial charge is 0.356 e. The highest BCUT2D eigenvalue weighted by atomic mass is 79.9. The van der Waals surface area contributed by atoms with Crippen LogP contribution in [0.3, 0.4) is 0 Å². The molecule has 2 nitrogen and oxygen atoms in total. The Bertz CT molecular complexity index is 539. The highest BCUT2D eigenvalue weighted by Gasteiger charge is 2.11. The van der Waals surface area contributed by atoms with E-state index in [0.717, 1.165) is 29.8 Å². The topological polar surface area (TPSA) is 16.1 Å². The van der Waals surface area contributed by atoms with Gasteiger partial charge in [-0.3, -0.25) is 0 Å². The van der Waals surface area contributed by atoms with Gasteiger partial charge in [-0.1, -0.05) is 47.5 Å². The number of hydrogen-bond acceptors (Lipinski definition) is 2. The maximum absolute atomic E-state index is 4.85. The van der Waals surface area contributed by atoms with Gasteiger partial charge in [-0.15, -0.1) is 0 Å². The minimum absolute atomic E-state index is 0.977. The molecule has 0 aliphatic heterocycles. The zero-order chi connectivity index (χ0) is 13.7. The molecular weight excluding hydrogens is 300 g/mol. The molecule has 0 saturated carbocycles. The van der Waals surface area contributed by atoms with E-state index in [0.29, 0.717) is 0 Å². The molecule has 0 fully saturated rings. The number of alkyl halides is 1. The molecule has 1 aromatic heterocycles. The number of fused-ring (bicyclic) bond motifs is 1. The Morgan fingerprint density at radius 3 is 2.74 bits per heavy atom. The summed E-state index contributed by atoms with van der Waals surface area (Å²) in [6.45, 7) is 6.47. The van der Waals surface area contributed by atoms with Gasteiger partial charge in [0, 0.05) is 23.8 Å². The summed E-state index contributed by atoms with van der Waals surface area (Å²) in [5, 5.41) is 2.20. The Morgan fingerprint density at radius 1 is 1.21 bits per heavy atom. The van der Waals surface area contributed by atoms with Gasteiger partial charge < -0.3 is 4.90 Å². The maximum atomic E-state index is 4.85. The third-order valence-corrected chi connectivity index (χ3v) is 3.68. The van der Waals surface area contributed by atoms with E-state index in [4.69, 9.17) is 4.98 Å². The van der Waals surface area contributed by atoms with Crippen LogP contribution in [0.15, 0.2) is 30.3 Å². The predicted molar refractivity (Wildman–Crippen MR) is 87.4 cm³/mol. The van der Waals surface area contributed by atoms with Gasteiger partial charge in [0.2, 0.25) is 0 Å². The molecule has 0 aliphatic rings. The van der Waals surface area contributed by atoms with Crippen LogP contribution in [0, 0.1) is 6.92 Å². The first kappa shape index (κ1) is 14.3. The van der Waals surface area contributed by atoms with E-state index in [9.17, 15) is 0 Å². The van der Waals surface area contributed by atoms with Gasteiger partial charge in [0.25, 0.3) is 0 Å². The van der Waals surface area contributed by atoms with E-state index in [-0.39, 0.29) is 0 Å². The predicted octanol–water partition coefficient (Wildman–Crippen LogP) is 4.54. The maximum Gasteiger partial charge on any atom is 0.132 e. The number of pyridine rings is 1. The Balaban J connectivity index is 2.37. The molecule has 0 radical (unpaired) electrons. The second-order valence-electron chi connectivity index (χ2n) is 4.85. The van der Waals surface area contributed by atoms with Crippen molar-refractivity contribution in [2.45, 2.75) is 26.7 Å². The molecule has 0 spiro atoms. The third kappa shape index (κ3) is 3.47. The van der Waals surface area contributed by atoms with E-state index in [1.54, 1.807) is 0 Å². The molecule has 3 heteroatoms. The zero-order valence-corrected chi connectivity index (χ0v) is 13.3. The molecule has 0 saturated heterocycles. The SMILES string of the molecule is CCCCN(CCBr)c1nc2ccccc2cc1C. The van der Waals surface area contributed by atoms with E-state index in [1.165, 1.54) is 23.8 Å². The van der Waals surface area contributed by atoms with Gasteiger partial charge in [0.15, 0.2) is 0 Å². The summed E-state index contributed by atoms with van der Waals surface area (Å²) in [6, 6.07) is 10.6. The second kappa shape index (κ2) is 6.90. The lowest BCUT2D eigenvalue weighted by Gasteiger charge is -2.24. The van der Waals surface area contributed by atoms with Crippen LogP contribution < -0.4 is 4.90 Å². The van der Waals surface area contributed by atoms with Crippen molar-refractivity contribution in [2.75, 3.05) is 23.3 Å². The van der Waals surface area contributed by atoms with Gasteiger partial charge >= 0.3 is 0 Å². The molecule has 0 aliphatic carbocycles. The quantitative estimate of drug-likeness (QED) is 0.726. The Morgan fingerprint density at radius 2 is 2.00 bits per heavy atom. The van der Waals surface area contributed by atoms with Crippen molar-refractivity contribution in [3.63, 3.8) is 0 Å². The van der Waals surface area contributed by atoms with Crippen LogP contribution in [0.1, 0.15) is 25.3 Å². The fourth-order valence-corrected chi connectivity index (χ4v) is 2.73. The fraction of sp³-hybridized carbons (Fsp3) is 0.438. The molecule has 0 bridgehead atoms. The number of benzene rings is 1. The van der Waals surface area contributed by atoms with Crippen LogP contribution in [-0.4, -0.2) is 23.4 Å². The molecule has 102 valence electrons. The number of hydrogen-bond donors (Lipinski definition) is 0. The number of halogens is 1. The molecule has 0 N–H and O–H groups in total. The number of aromatic nitrogens is 1. The monoisotopic (exact) mass is 320 g/mol. The van der Waals surface area contributed by atoms with Crippen molar-refractivity contribution in [2.24, 2.45) is 0 Å². The minimum atomic E-state index is 0.977. The molecule has 2 rings (SSSR count). The van der Waals surface area contributed by atoms with Crippen molar-refractivity contribution in [3.05, 3.63) is 35.9 Å². The lowest BCUT2D eigenvalue weighted by molar-refractivity contribution is 0.727. The first-order valence-electron chi connectivity index (χ1n) is 6.93. The van der Waals surface area contributed by atoms with E-state index in [1.807, 2.05) is 0 Å². The molecular formula is C16H21BrN2. The number of aryl methyl sites for hydroxylation is 1. The molecule has 0 atom stereocenters. The molecule has 19 heavy (non-hydrogen) atoms. The van der Waals surface area contributed by atoms with Crippen LogP contribution in [0.5, 0.6) is 0 Å². The Labute approximate surface area is 124 Å². The highest BCUT2D eigenvalue weighted by Crippen LogP contribution is 2.23. The molecule has 1 heterocycles. The zero-order valence-electron chi connectivity index (χ0n) is 11.7. The number of para-hydroxylation sites is 1. The summed E-state index contributed by atoms with van der Waals surface area (Å²) < 4.78 is 0. The number of unbranched alkanes of at least 4 members (excludes halogenated alkanes) is 1. The fourth-order valence-electron chi connectivity index (χ4n) is 2.31. The van der Waals surface area contributed by atoms with Gasteiger partial charge in [0.05, 0.1) is 5.52 Å². The van der Waals surface area contributed by atoms with E-state index < -0.39 is 0 Å². The van der Waals surface area contributed by atoms with Gasteiger partial charge in [0.1, 0.15) is 5.82 Å². The second-order valence-corrected chi connectivity index (χ2v) is 5.64. The molecule has 1 aromatic carbocycles. The average Bonchev–Trinajstić information content (AvgIpc) is 2.43. The highest BCUT2D eigenvalue weighted by molar-refractivity contribution is 9.09. The summed E-state index contributed by atoms with van der Waals surface area (Å²) in [7, 11) is 0. The minimum Gasteiger partial charge on any atom is -0.356 e. The average molecular weight is 321 g/mol. The van der Waals surface area contributed by atoms with Crippen molar-refractivity contribution < 1.29 is 0 Å². The molecule has 2 aromatic rings. The molecule has 0 amide bonds. The van der Waals surface area contributed by atoms with Crippen LogP contribution >= 0.6 is 15.9 Å². The third-order valence-electron chi connectivity index (χ3n) is 3.32. The summed E-state index contributed by atoms with van der Waals surface area (Å²) in [5.74, 6) is 1.13. The Hall–Kier alpha value is -1.09. The summed E-state index contributed by atoms with van der Waals surface area (Å²) in [6.07, 6.45) is 2.42. The van der Waals surface area contributed by atoms with Crippen molar-refractivity contribution in [1.82, 2.24) is 4.98 Å². The smallest absolute Gasteiger partial charge is 0.132 e. The van der Waals surface area contributed by atoms with E-state index >= 15 is 0 Å². The Kier molecular flexibility index (Phi) is 5.20. The lowest BCUT2D eigenvalue weighted by atomic mass is 10.1. The van der Waals surface area contributed by atoms with Crippen LogP contribution in [-0.2, 0) is 0 Å². The van der Waals surface area contributed by atoms with Crippen LogP contribution in [0.25, 0.3) is 10.9 Å².